The lowest BCUT2D eigenvalue weighted by Crippen LogP contribution is -1.95. The fourth-order valence-corrected chi connectivity index (χ4v) is 0.987. The number of hydrogen-bond donors (Lipinski definition) is 0. The third-order valence-electron chi connectivity index (χ3n) is 1.93. The summed E-state index contributed by atoms with van der Waals surface area (Å²) < 4.78 is 5.50. The highest BCUT2D eigenvalue weighted by Gasteiger charge is 1.91. The van der Waals surface area contributed by atoms with Gasteiger partial charge in [0.15, 0.2) is 0 Å². The van der Waals surface area contributed by atoms with Crippen LogP contribution in [0, 0.1) is 0 Å². The Morgan fingerprint density at radius 2 is 2.00 bits per heavy atom. The molecule has 1 rings (SSSR count). The molecule has 13 heavy (non-hydrogen) atoms. The van der Waals surface area contributed by atoms with Gasteiger partial charge in [-0.25, -0.2) is 0 Å². The van der Waals surface area contributed by atoms with Crippen LogP contribution in [0.15, 0.2) is 42.0 Å². The molecule has 0 N–H and O–H groups in total. The highest BCUT2D eigenvalue weighted by Crippen LogP contribution is 2.02. The maximum atomic E-state index is 5.50. The second-order valence-electron chi connectivity index (χ2n) is 3.11. The molecule has 0 saturated heterocycles. The molecule has 0 radical (unpaired) electrons. The number of hydrogen-bond acceptors (Lipinski definition) is 1. The third kappa shape index (κ3) is 3.90. The van der Waals surface area contributed by atoms with Gasteiger partial charge in [0.1, 0.15) is 0 Å². The molecule has 0 fully saturated rings. The van der Waals surface area contributed by atoms with Gasteiger partial charge in [-0.1, -0.05) is 42.0 Å². The van der Waals surface area contributed by atoms with Gasteiger partial charge in [0.25, 0.3) is 0 Å². The zero-order valence-electron chi connectivity index (χ0n) is 8.29. The molecular weight excluding hydrogens is 160 g/mol. The van der Waals surface area contributed by atoms with Gasteiger partial charge >= 0.3 is 0 Å². The Bertz CT molecular complexity index is 262. The Kier molecular flexibility index (Phi) is 4.27. The average Bonchev–Trinajstić information content (AvgIpc) is 2.19. The number of rotatable bonds is 4. The van der Waals surface area contributed by atoms with Crippen LogP contribution in [0.25, 0.3) is 0 Å². The van der Waals surface area contributed by atoms with Crippen molar-refractivity contribution in [3.63, 3.8) is 0 Å². The van der Waals surface area contributed by atoms with Crippen LogP contribution in [0.3, 0.4) is 0 Å². The predicted molar refractivity (Wildman–Crippen MR) is 55.5 cm³/mol. The van der Waals surface area contributed by atoms with E-state index >= 15 is 0 Å². The summed E-state index contributed by atoms with van der Waals surface area (Å²) in [6.45, 7) is 5.53. The first kappa shape index (κ1) is 10.0. The molecule has 1 heteroatoms. The van der Waals surface area contributed by atoms with Crippen molar-refractivity contribution in [3.05, 3.63) is 47.5 Å². The van der Waals surface area contributed by atoms with E-state index in [1.807, 2.05) is 25.1 Å². The summed E-state index contributed by atoms with van der Waals surface area (Å²) >= 11 is 0. The molecular formula is C12H16O. The first-order valence-electron chi connectivity index (χ1n) is 4.56. The van der Waals surface area contributed by atoms with Crippen LogP contribution in [0.5, 0.6) is 0 Å². The van der Waals surface area contributed by atoms with E-state index in [0.717, 1.165) is 6.61 Å². The van der Waals surface area contributed by atoms with E-state index in [4.69, 9.17) is 4.74 Å². The van der Waals surface area contributed by atoms with Gasteiger partial charge in [-0.15, -0.1) is 0 Å². The Morgan fingerprint density at radius 1 is 1.31 bits per heavy atom. The summed E-state index contributed by atoms with van der Waals surface area (Å²) in [5, 5.41) is 0. The fourth-order valence-electron chi connectivity index (χ4n) is 0.987. The molecule has 0 bridgehead atoms. The second kappa shape index (κ2) is 5.55. The summed E-state index contributed by atoms with van der Waals surface area (Å²) in [6, 6.07) is 10.2. The zero-order chi connectivity index (χ0) is 9.52. The van der Waals surface area contributed by atoms with Gasteiger partial charge < -0.3 is 4.74 Å². The van der Waals surface area contributed by atoms with E-state index in [1.165, 1.54) is 11.1 Å². The first-order valence-corrected chi connectivity index (χ1v) is 4.56. The van der Waals surface area contributed by atoms with Gasteiger partial charge in [0.05, 0.1) is 13.2 Å². The van der Waals surface area contributed by atoms with Crippen molar-refractivity contribution in [2.75, 3.05) is 6.61 Å². The van der Waals surface area contributed by atoms with Gasteiger partial charge in [-0.2, -0.15) is 0 Å². The lowest BCUT2D eigenvalue weighted by atomic mass is 10.2. The Balaban J connectivity index is 2.28. The van der Waals surface area contributed by atoms with Crippen molar-refractivity contribution in [3.8, 4) is 0 Å². The summed E-state index contributed by atoms with van der Waals surface area (Å²) in [5.74, 6) is 0. The van der Waals surface area contributed by atoms with Crippen molar-refractivity contribution < 1.29 is 4.74 Å². The lowest BCUT2D eigenvalue weighted by molar-refractivity contribution is 0.142. The third-order valence-corrected chi connectivity index (χ3v) is 1.93. The predicted octanol–water partition coefficient (Wildman–Crippen LogP) is 3.17. The van der Waals surface area contributed by atoms with Crippen LogP contribution in [0.4, 0.5) is 0 Å². The van der Waals surface area contributed by atoms with Crippen molar-refractivity contribution in [2.45, 2.75) is 20.5 Å². The highest BCUT2D eigenvalue weighted by atomic mass is 16.5. The van der Waals surface area contributed by atoms with Gasteiger partial charge in [0.2, 0.25) is 0 Å². The molecule has 0 unspecified atom stereocenters. The maximum Gasteiger partial charge on any atom is 0.0721 e. The molecule has 1 aromatic rings. The fraction of sp³-hybridized carbons (Fsp3) is 0.333. The molecule has 0 aromatic heterocycles. The maximum absolute atomic E-state index is 5.50. The average molecular weight is 176 g/mol. The van der Waals surface area contributed by atoms with E-state index in [0.29, 0.717) is 6.61 Å². The van der Waals surface area contributed by atoms with Crippen molar-refractivity contribution in [2.24, 2.45) is 0 Å². The van der Waals surface area contributed by atoms with Crippen molar-refractivity contribution in [1.82, 2.24) is 0 Å². The molecule has 1 nitrogen and oxygen atoms in total. The zero-order valence-corrected chi connectivity index (χ0v) is 8.29. The van der Waals surface area contributed by atoms with Crippen molar-refractivity contribution >= 4 is 0 Å². The Labute approximate surface area is 80.0 Å². The molecule has 70 valence electrons. The SMILES string of the molecule is C/C=C(/C)COCc1ccccc1. The first-order chi connectivity index (χ1) is 6.33. The minimum absolute atomic E-state index is 0.700. The largest absolute Gasteiger partial charge is 0.372 e. The number of ether oxygens (including phenoxy) is 1. The van der Waals surface area contributed by atoms with E-state index < -0.39 is 0 Å². The van der Waals surface area contributed by atoms with Gasteiger partial charge in [0, 0.05) is 0 Å². The lowest BCUT2D eigenvalue weighted by Gasteiger charge is -2.03. The monoisotopic (exact) mass is 176 g/mol. The normalized spacial score (nSPS) is 11.7. The summed E-state index contributed by atoms with van der Waals surface area (Å²) in [5.41, 5.74) is 2.50. The van der Waals surface area contributed by atoms with Crippen LogP contribution < -0.4 is 0 Å². The Hall–Kier alpha value is -1.08. The summed E-state index contributed by atoms with van der Waals surface area (Å²) in [4.78, 5) is 0. The molecule has 0 aliphatic heterocycles. The molecule has 0 amide bonds. The molecule has 0 heterocycles. The minimum Gasteiger partial charge on any atom is -0.372 e. The van der Waals surface area contributed by atoms with Crippen LogP contribution >= 0.6 is 0 Å². The molecule has 0 aliphatic rings. The van der Waals surface area contributed by atoms with Gasteiger partial charge in [-0.3, -0.25) is 0 Å². The summed E-state index contributed by atoms with van der Waals surface area (Å²) in [6.07, 6.45) is 2.07. The molecule has 0 aliphatic carbocycles. The van der Waals surface area contributed by atoms with Crippen LogP contribution in [-0.2, 0) is 11.3 Å². The van der Waals surface area contributed by atoms with Gasteiger partial charge in [-0.05, 0) is 19.4 Å². The molecule has 0 saturated carbocycles. The highest BCUT2D eigenvalue weighted by molar-refractivity contribution is 5.13. The minimum atomic E-state index is 0.700. The molecule has 0 spiro atoms. The van der Waals surface area contributed by atoms with Crippen molar-refractivity contribution in [1.29, 1.82) is 0 Å². The Morgan fingerprint density at radius 3 is 2.62 bits per heavy atom. The number of allylic oxidation sites excluding steroid dienone is 1. The number of benzene rings is 1. The van der Waals surface area contributed by atoms with Crippen LogP contribution in [0.1, 0.15) is 19.4 Å². The van der Waals surface area contributed by atoms with E-state index in [1.54, 1.807) is 0 Å². The van der Waals surface area contributed by atoms with E-state index in [2.05, 4.69) is 25.1 Å². The smallest absolute Gasteiger partial charge is 0.0721 e. The summed E-state index contributed by atoms with van der Waals surface area (Å²) in [7, 11) is 0. The quantitative estimate of drug-likeness (QED) is 0.640. The van der Waals surface area contributed by atoms with E-state index in [9.17, 15) is 0 Å². The second-order valence-corrected chi connectivity index (χ2v) is 3.11. The topological polar surface area (TPSA) is 9.23 Å². The van der Waals surface area contributed by atoms with Crippen LogP contribution in [0.2, 0.25) is 0 Å². The standard InChI is InChI=1S/C12H16O/c1-3-11(2)9-13-10-12-7-5-4-6-8-12/h3-8H,9-10H2,1-2H3/b11-3-. The van der Waals surface area contributed by atoms with E-state index in [-0.39, 0.29) is 0 Å². The molecule has 0 atom stereocenters. The van der Waals surface area contributed by atoms with Crippen LogP contribution in [-0.4, -0.2) is 6.61 Å². The molecule has 1 aromatic carbocycles.